The van der Waals surface area contributed by atoms with Crippen molar-refractivity contribution in [1.29, 1.82) is 0 Å². The van der Waals surface area contributed by atoms with Gasteiger partial charge in [-0.15, -0.1) is 0 Å². The van der Waals surface area contributed by atoms with E-state index in [9.17, 15) is 0 Å². The van der Waals surface area contributed by atoms with Crippen molar-refractivity contribution < 1.29 is 0 Å². The molecule has 0 atom stereocenters. The maximum atomic E-state index is 2.43. The van der Waals surface area contributed by atoms with Gasteiger partial charge in [0, 0.05) is 67.1 Å². The summed E-state index contributed by atoms with van der Waals surface area (Å²) in [5.41, 5.74) is 19.2. The predicted octanol–water partition coefficient (Wildman–Crippen LogP) is 14.0. The molecular formula is C54H42N4. The number of hydrogen-bond acceptors (Lipinski definition) is 0. The fourth-order valence-corrected chi connectivity index (χ4v) is 9.53. The smallest absolute Gasteiger partial charge is 0.0625 e. The van der Waals surface area contributed by atoms with Crippen LogP contribution in [0.3, 0.4) is 0 Å². The zero-order valence-electron chi connectivity index (χ0n) is 33.1. The van der Waals surface area contributed by atoms with Crippen molar-refractivity contribution in [1.82, 2.24) is 18.3 Å². The van der Waals surface area contributed by atoms with E-state index in [0.717, 1.165) is 11.4 Å². The highest BCUT2D eigenvalue weighted by Crippen LogP contribution is 2.38. The van der Waals surface area contributed by atoms with E-state index in [4.69, 9.17) is 0 Å². The second kappa shape index (κ2) is 13.1. The van der Waals surface area contributed by atoms with Gasteiger partial charge >= 0.3 is 0 Å². The Balaban J connectivity index is 0.989. The quantitative estimate of drug-likeness (QED) is 0.161. The van der Waals surface area contributed by atoms with Gasteiger partial charge in [0.25, 0.3) is 0 Å². The monoisotopic (exact) mass is 746 g/mol. The van der Waals surface area contributed by atoms with E-state index >= 15 is 0 Å². The first-order valence-corrected chi connectivity index (χ1v) is 20.1. The first-order valence-electron chi connectivity index (χ1n) is 20.1. The first-order chi connectivity index (χ1) is 28.4. The van der Waals surface area contributed by atoms with Crippen LogP contribution >= 0.6 is 0 Å². The maximum absolute atomic E-state index is 2.43. The van der Waals surface area contributed by atoms with E-state index in [2.05, 4.69) is 228 Å². The van der Waals surface area contributed by atoms with Crippen molar-refractivity contribution in [3.63, 3.8) is 0 Å². The number of aromatic nitrogens is 4. The molecule has 7 aromatic carbocycles. The molecule has 0 fully saturated rings. The molecule has 0 bridgehead atoms. The Kier molecular flexibility index (Phi) is 7.70. The molecule has 4 heterocycles. The Hall–Kier alpha value is -7.30. The lowest BCUT2D eigenvalue weighted by molar-refractivity contribution is 1.05. The van der Waals surface area contributed by atoms with E-state index in [1.165, 1.54) is 100 Å². The molecule has 0 aliphatic rings. The van der Waals surface area contributed by atoms with E-state index in [1.807, 2.05) is 0 Å². The molecule has 0 saturated heterocycles. The molecule has 4 aromatic heterocycles. The number of para-hydroxylation sites is 2. The third kappa shape index (κ3) is 5.29. The number of aryl methyl sites for hydroxylation is 4. The van der Waals surface area contributed by atoms with Crippen molar-refractivity contribution in [3.05, 3.63) is 205 Å². The molecule has 0 N–H and O–H groups in total. The lowest BCUT2D eigenvalue weighted by atomic mass is 9.98. The lowest BCUT2D eigenvalue weighted by Crippen LogP contribution is -1.98. The van der Waals surface area contributed by atoms with Crippen LogP contribution in [0.5, 0.6) is 0 Å². The van der Waals surface area contributed by atoms with Crippen LogP contribution in [0.25, 0.3) is 88.6 Å². The summed E-state index contributed by atoms with van der Waals surface area (Å²) < 4.78 is 9.59. The minimum atomic E-state index is 1.16. The summed E-state index contributed by atoms with van der Waals surface area (Å²) in [4.78, 5) is 0. The molecule has 0 unspecified atom stereocenters. The van der Waals surface area contributed by atoms with Gasteiger partial charge in [0.15, 0.2) is 0 Å². The molecular weight excluding hydrogens is 705 g/mol. The van der Waals surface area contributed by atoms with Crippen molar-refractivity contribution in [2.45, 2.75) is 27.7 Å². The van der Waals surface area contributed by atoms with E-state index in [0.29, 0.717) is 0 Å². The number of nitrogens with zero attached hydrogens (tertiary/aromatic N) is 4. The molecule has 0 aliphatic carbocycles. The van der Waals surface area contributed by atoms with Crippen molar-refractivity contribution >= 4 is 43.6 Å². The third-order valence-electron chi connectivity index (χ3n) is 12.0. The summed E-state index contributed by atoms with van der Waals surface area (Å²) in [6, 6.07) is 66.7. The van der Waals surface area contributed by atoms with Crippen LogP contribution in [0.15, 0.2) is 182 Å². The summed E-state index contributed by atoms with van der Waals surface area (Å²) in [6.07, 6.45) is 0. The Bertz CT molecular complexity index is 3150. The molecule has 0 aliphatic heterocycles. The Morgan fingerprint density at radius 2 is 0.638 bits per heavy atom. The minimum Gasteiger partial charge on any atom is -0.314 e. The Morgan fingerprint density at radius 1 is 0.276 bits per heavy atom. The topological polar surface area (TPSA) is 19.7 Å². The van der Waals surface area contributed by atoms with Gasteiger partial charge in [-0.25, -0.2) is 0 Å². The Labute approximate surface area is 338 Å². The van der Waals surface area contributed by atoms with Gasteiger partial charge in [-0.3, -0.25) is 0 Å². The molecule has 0 radical (unpaired) electrons. The van der Waals surface area contributed by atoms with Crippen molar-refractivity contribution in [3.8, 4) is 45.0 Å². The molecule has 58 heavy (non-hydrogen) atoms. The van der Waals surface area contributed by atoms with E-state index in [-0.39, 0.29) is 0 Å². The first kappa shape index (κ1) is 34.0. The Morgan fingerprint density at radius 3 is 1.07 bits per heavy atom. The summed E-state index contributed by atoms with van der Waals surface area (Å²) in [5, 5.41) is 5.01. The zero-order valence-corrected chi connectivity index (χ0v) is 33.1. The number of hydrogen-bond donors (Lipinski definition) is 0. The van der Waals surface area contributed by atoms with Crippen LogP contribution in [-0.2, 0) is 0 Å². The minimum absolute atomic E-state index is 1.16. The summed E-state index contributed by atoms with van der Waals surface area (Å²) in [5.74, 6) is 0. The second-order valence-corrected chi connectivity index (χ2v) is 15.7. The standard InChI is InChI=1S/C54H42N4/c1-35-28-43-24-26-51-49(30-37(3)55(51)45-18-7-5-8-19-45)53(43)57(35)47-22-12-16-41(33-47)39-14-11-15-40(32-39)42-17-13-23-48(34-42)58-36(2)29-44-25-27-52-50(54(44)58)31-38(4)56(52)46-20-9-6-10-21-46/h5-34H,1-4H3. The number of rotatable bonds is 6. The zero-order chi connectivity index (χ0) is 39.1. The van der Waals surface area contributed by atoms with Crippen LogP contribution in [0, 0.1) is 27.7 Å². The summed E-state index contributed by atoms with van der Waals surface area (Å²) in [7, 11) is 0. The van der Waals surface area contributed by atoms with Crippen LogP contribution in [0.1, 0.15) is 22.8 Å². The van der Waals surface area contributed by atoms with Crippen LogP contribution < -0.4 is 0 Å². The molecule has 4 nitrogen and oxygen atoms in total. The average Bonchev–Trinajstić information content (AvgIpc) is 3.99. The maximum Gasteiger partial charge on any atom is 0.0625 e. The van der Waals surface area contributed by atoms with Crippen LogP contribution in [-0.4, -0.2) is 18.3 Å². The molecule has 4 heteroatoms. The highest BCUT2D eigenvalue weighted by molar-refractivity contribution is 6.08. The highest BCUT2D eigenvalue weighted by Gasteiger charge is 2.18. The largest absolute Gasteiger partial charge is 0.314 e. The molecule has 0 amide bonds. The number of fused-ring (bicyclic) bond motifs is 6. The van der Waals surface area contributed by atoms with Gasteiger partial charge in [0.05, 0.1) is 22.1 Å². The van der Waals surface area contributed by atoms with Gasteiger partial charge in [0.2, 0.25) is 0 Å². The normalized spacial score (nSPS) is 11.8. The average molecular weight is 747 g/mol. The lowest BCUT2D eigenvalue weighted by Gasteiger charge is -2.14. The highest BCUT2D eigenvalue weighted by atomic mass is 15.0. The van der Waals surface area contributed by atoms with Crippen LogP contribution in [0.2, 0.25) is 0 Å². The molecule has 0 spiro atoms. The molecule has 0 saturated carbocycles. The predicted molar refractivity (Wildman–Crippen MR) is 244 cm³/mol. The van der Waals surface area contributed by atoms with E-state index in [1.54, 1.807) is 0 Å². The fraction of sp³-hybridized carbons (Fsp3) is 0.0741. The summed E-state index contributed by atoms with van der Waals surface area (Å²) >= 11 is 0. The van der Waals surface area contributed by atoms with Crippen LogP contribution in [0.4, 0.5) is 0 Å². The number of benzene rings is 7. The summed E-state index contributed by atoms with van der Waals surface area (Å²) in [6.45, 7) is 8.84. The van der Waals surface area contributed by atoms with Gasteiger partial charge in [0.1, 0.15) is 0 Å². The van der Waals surface area contributed by atoms with Crippen molar-refractivity contribution in [2.75, 3.05) is 0 Å². The molecule has 11 aromatic rings. The third-order valence-corrected chi connectivity index (χ3v) is 12.0. The molecule has 11 rings (SSSR count). The van der Waals surface area contributed by atoms with Gasteiger partial charge in [-0.05, 0) is 141 Å². The molecule has 278 valence electrons. The van der Waals surface area contributed by atoms with Gasteiger partial charge in [-0.1, -0.05) is 91.0 Å². The SMILES string of the molecule is Cc1cc2c(ccc3cc(C)n(-c4cccc(-c5cccc(-c6cccc(-n7c(C)cc8ccc9c(cc(C)n9-c9ccccc9)c87)c6)c5)c4)c32)n1-c1ccccc1. The van der Waals surface area contributed by atoms with E-state index < -0.39 is 0 Å². The van der Waals surface area contributed by atoms with Gasteiger partial charge < -0.3 is 18.3 Å². The van der Waals surface area contributed by atoms with Gasteiger partial charge in [-0.2, -0.15) is 0 Å². The van der Waals surface area contributed by atoms with Crippen molar-refractivity contribution in [2.24, 2.45) is 0 Å². The second-order valence-electron chi connectivity index (χ2n) is 15.7. The fourth-order valence-electron chi connectivity index (χ4n) is 9.53.